The molecule has 2 fully saturated rings. The summed E-state index contributed by atoms with van der Waals surface area (Å²) in [4.78, 5) is 14.7. The number of nitrogens with one attached hydrogen (secondary N) is 2. The zero-order valence-corrected chi connectivity index (χ0v) is 14.0. The first kappa shape index (κ1) is 16.8. The molecule has 1 aliphatic carbocycles. The van der Waals surface area contributed by atoms with Gasteiger partial charge in [0.05, 0.1) is 6.04 Å². The first-order valence-electron chi connectivity index (χ1n) is 8.89. The molecule has 2 rings (SSSR count). The Morgan fingerprint density at radius 1 is 1.14 bits per heavy atom. The molecule has 1 saturated heterocycles. The Kier molecular flexibility index (Phi) is 6.49. The van der Waals surface area contributed by atoms with Crippen molar-refractivity contribution >= 4 is 5.91 Å². The van der Waals surface area contributed by atoms with Gasteiger partial charge in [-0.25, -0.2) is 0 Å². The van der Waals surface area contributed by atoms with Crippen LogP contribution >= 0.6 is 0 Å². The Morgan fingerprint density at radius 3 is 2.33 bits per heavy atom. The van der Waals surface area contributed by atoms with E-state index in [2.05, 4.69) is 36.3 Å². The highest BCUT2D eigenvalue weighted by atomic mass is 16.2. The first-order chi connectivity index (χ1) is 10.1. The molecule has 1 heterocycles. The van der Waals surface area contributed by atoms with Crippen LogP contribution in [0.25, 0.3) is 0 Å². The number of amides is 1. The van der Waals surface area contributed by atoms with E-state index in [1.165, 1.54) is 38.5 Å². The Labute approximate surface area is 130 Å². The van der Waals surface area contributed by atoms with Crippen molar-refractivity contribution in [2.24, 2.45) is 5.92 Å². The maximum Gasteiger partial charge on any atom is 0.237 e. The molecule has 2 N–H and O–H groups in total. The summed E-state index contributed by atoms with van der Waals surface area (Å²) in [5.41, 5.74) is 0. The van der Waals surface area contributed by atoms with Crippen LogP contribution in [-0.4, -0.2) is 48.6 Å². The van der Waals surface area contributed by atoms with E-state index in [9.17, 15) is 4.79 Å². The van der Waals surface area contributed by atoms with Crippen LogP contribution in [0.15, 0.2) is 0 Å². The van der Waals surface area contributed by atoms with E-state index in [-0.39, 0.29) is 11.9 Å². The number of nitrogens with zero attached hydrogens (tertiary/aromatic N) is 1. The van der Waals surface area contributed by atoms with Crippen LogP contribution in [0.2, 0.25) is 0 Å². The van der Waals surface area contributed by atoms with Gasteiger partial charge in [-0.15, -0.1) is 0 Å². The third kappa shape index (κ3) is 4.68. The third-order valence-electron chi connectivity index (χ3n) is 5.44. The molecule has 0 aromatic heterocycles. The molecular formula is C17H33N3O. The molecule has 1 aliphatic heterocycles. The molecule has 0 bridgehead atoms. The minimum Gasteiger partial charge on any atom is -0.352 e. The van der Waals surface area contributed by atoms with Gasteiger partial charge < -0.3 is 10.6 Å². The zero-order valence-electron chi connectivity index (χ0n) is 14.0. The maximum absolute atomic E-state index is 12.4. The molecule has 0 radical (unpaired) electrons. The van der Waals surface area contributed by atoms with E-state index in [1.807, 2.05) is 0 Å². The largest absolute Gasteiger partial charge is 0.352 e. The lowest BCUT2D eigenvalue weighted by Gasteiger charge is -2.38. The van der Waals surface area contributed by atoms with Gasteiger partial charge in [-0.05, 0) is 65.1 Å². The molecule has 2 atom stereocenters. The average molecular weight is 295 g/mol. The maximum atomic E-state index is 12.4. The van der Waals surface area contributed by atoms with Crippen molar-refractivity contribution in [3.8, 4) is 0 Å². The molecular weight excluding hydrogens is 262 g/mol. The molecule has 4 heteroatoms. The van der Waals surface area contributed by atoms with Crippen molar-refractivity contribution in [1.29, 1.82) is 0 Å². The van der Waals surface area contributed by atoms with Gasteiger partial charge in [0.2, 0.25) is 5.91 Å². The number of hydrogen-bond acceptors (Lipinski definition) is 3. The highest BCUT2D eigenvalue weighted by molar-refractivity contribution is 5.81. The van der Waals surface area contributed by atoms with Crippen molar-refractivity contribution < 1.29 is 4.79 Å². The van der Waals surface area contributed by atoms with Gasteiger partial charge in [0, 0.05) is 12.1 Å². The fourth-order valence-electron chi connectivity index (χ4n) is 3.85. The summed E-state index contributed by atoms with van der Waals surface area (Å²) in [6.07, 6.45) is 7.28. The lowest BCUT2D eigenvalue weighted by atomic mass is 9.89. The Hall–Kier alpha value is -0.610. The number of likely N-dealkylation sites (tertiary alicyclic amines) is 1. The van der Waals surface area contributed by atoms with Crippen LogP contribution < -0.4 is 10.6 Å². The van der Waals surface area contributed by atoms with Crippen LogP contribution in [0.5, 0.6) is 0 Å². The van der Waals surface area contributed by atoms with Crippen LogP contribution in [-0.2, 0) is 4.79 Å². The Bertz CT molecular complexity index is 320. The van der Waals surface area contributed by atoms with Gasteiger partial charge in [0.25, 0.3) is 0 Å². The number of piperidine rings is 1. The highest BCUT2D eigenvalue weighted by Gasteiger charge is 2.29. The molecule has 0 aromatic rings. The first-order valence-corrected chi connectivity index (χ1v) is 8.89. The van der Waals surface area contributed by atoms with E-state index in [1.54, 1.807) is 0 Å². The lowest BCUT2D eigenvalue weighted by Crippen LogP contribution is -2.51. The van der Waals surface area contributed by atoms with Crippen LogP contribution in [0.3, 0.4) is 0 Å². The van der Waals surface area contributed by atoms with Crippen molar-refractivity contribution in [2.75, 3.05) is 19.6 Å². The van der Waals surface area contributed by atoms with Gasteiger partial charge in [0.15, 0.2) is 0 Å². The van der Waals surface area contributed by atoms with Crippen molar-refractivity contribution in [3.05, 3.63) is 0 Å². The number of hydrogen-bond donors (Lipinski definition) is 2. The molecule has 1 amide bonds. The molecule has 21 heavy (non-hydrogen) atoms. The molecule has 0 aromatic carbocycles. The summed E-state index contributed by atoms with van der Waals surface area (Å²) < 4.78 is 0. The Morgan fingerprint density at radius 2 is 1.76 bits per heavy atom. The van der Waals surface area contributed by atoms with E-state index in [4.69, 9.17) is 0 Å². The van der Waals surface area contributed by atoms with E-state index in [0.29, 0.717) is 12.1 Å². The van der Waals surface area contributed by atoms with Gasteiger partial charge in [0.1, 0.15) is 0 Å². The predicted molar refractivity (Wildman–Crippen MR) is 87.3 cm³/mol. The molecule has 4 nitrogen and oxygen atoms in total. The topological polar surface area (TPSA) is 44.4 Å². The summed E-state index contributed by atoms with van der Waals surface area (Å²) in [5, 5.41) is 6.77. The number of carbonyl (C=O) groups excluding carboxylic acids is 1. The number of rotatable bonds is 6. The van der Waals surface area contributed by atoms with Crippen LogP contribution in [0.1, 0.15) is 59.3 Å². The van der Waals surface area contributed by atoms with Crippen molar-refractivity contribution in [2.45, 2.75) is 77.4 Å². The average Bonchev–Trinajstić information content (AvgIpc) is 3.00. The zero-order chi connectivity index (χ0) is 15.2. The molecule has 2 unspecified atom stereocenters. The molecule has 2 aliphatic rings. The third-order valence-corrected chi connectivity index (χ3v) is 5.44. The molecule has 1 saturated carbocycles. The SMILES string of the molecule is CCNC(C)C1CCN(C(C)C(=O)NC2CCCC2)CC1. The quantitative estimate of drug-likeness (QED) is 0.789. The summed E-state index contributed by atoms with van der Waals surface area (Å²) in [7, 11) is 0. The fraction of sp³-hybridized carbons (Fsp3) is 0.941. The summed E-state index contributed by atoms with van der Waals surface area (Å²) in [5.74, 6) is 0.992. The highest BCUT2D eigenvalue weighted by Crippen LogP contribution is 2.23. The monoisotopic (exact) mass is 295 g/mol. The van der Waals surface area contributed by atoms with Gasteiger partial charge in [-0.1, -0.05) is 19.8 Å². The Balaban J connectivity index is 1.74. The van der Waals surface area contributed by atoms with Crippen LogP contribution in [0.4, 0.5) is 0 Å². The summed E-state index contributed by atoms with van der Waals surface area (Å²) in [6.45, 7) is 9.68. The normalized spacial score (nSPS) is 24.9. The second kappa shape index (κ2) is 8.14. The summed E-state index contributed by atoms with van der Waals surface area (Å²) >= 11 is 0. The summed E-state index contributed by atoms with van der Waals surface area (Å²) in [6, 6.07) is 1.06. The minimum absolute atomic E-state index is 0.0287. The van der Waals surface area contributed by atoms with E-state index >= 15 is 0 Å². The van der Waals surface area contributed by atoms with Crippen molar-refractivity contribution in [1.82, 2.24) is 15.5 Å². The minimum atomic E-state index is 0.0287. The fourth-order valence-corrected chi connectivity index (χ4v) is 3.85. The van der Waals surface area contributed by atoms with Gasteiger partial charge >= 0.3 is 0 Å². The number of carbonyl (C=O) groups is 1. The van der Waals surface area contributed by atoms with Crippen LogP contribution in [0, 0.1) is 5.92 Å². The smallest absolute Gasteiger partial charge is 0.237 e. The molecule has 0 spiro atoms. The van der Waals surface area contributed by atoms with Crippen molar-refractivity contribution in [3.63, 3.8) is 0 Å². The second-order valence-electron chi connectivity index (χ2n) is 6.89. The predicted octanol–water partition coefficient (Wildman–Crippen LogP) is 2.14. The standard InChI is InChI=1S/C17H33N3O/c1-4-18-13(2)15-9-11-20(12-10-15)14(3)17(21)19-16-7-5-6-8-16/h13-16,18H,4-12H2,1-3H3,(H,19,21). The van der Waals surface area contributed by atoms with E-state index in [0.717, 1.165) is 25.6 Å². The van der Waals surface area contributed by atoms with Gasteiger partial charge in [-0.3, -0.25) is 9.69 Å². The lowest BCUT2D eigenvalue weighted by molar-refractivity contribution is -0.127. The van der Waals surface area contributed by atoms with E-state index < -0.39 is 0 Å². The molecule has 122 valence electrons. The second-order valence-corrected chi connectivity index (χ2v) is 6.89. The van der Waals surface area contributed by atoms with Gasteiger partial charge in [-0.2, -0.15) is 0 Å².